The van der Waals surface area contributed by atoms with Crippen molar-refractivity contribution in [2.24, 2.45) is 11.7 Å². The van der Waals surface area contributed by atoms with Gasteiger partial charge in [-0.1, -0.05) is 36.5 Å². The van der Waals surface area contributed by atoms with Crippen LogP contribution in [0.4, 0.5) is 0 Å². The number of aldehydes is 1. The Morgan fingerprint density at radius 2 is 1.92 bits per heavy atom. The van der Waals surface area contributed by atoms with Gasteiger partial charge in [0, 0.05) is 16.6 Å². The molecule has 1 aromatic rings. The average molecular weight is 421 g/mol. The van der Waals surface area contributed by atoms with E-state index in [1.165, 1.54) is 25.1 Å². The van der Waals surface area contributed by atoms with Crippen molar-refractivity contribution in [3.8, 4) is 0 Å². The third-order valence-electron chi connectivity index (χ3n) is 4.94. The highest BCUT2D eigenvalue weighted by Gasteiger charge is 2.49. The van der Waals surface area contributed by atoms with Crippen molar-refractivity contribution in [2.75, 3.05) is 6.54 Å². The van der Waals surface area contributed by atoms with E-state index in [1.54, 1.807) is 0 Å². The molecule has 6 nitrogen and oxygen atoms in total. The lowest BCUT2D eigenvalue weighted by atomic mass is 9.77. The van der Waals surface area contributed by atoms with Crippen molar-refractivity contribution in [3.63, 3.8) is 0 Å². The van der Waals surface area contributed by atoms with Crippen molar-refractivity contribution < 1.29 is 18.0 Å². The van der Waals surface area contributed by atoms with Crippen LogP contribution in [0, 0.1) is 5.92 Å². The lowest BCUT2D eigenvalue weighted by Crippen LogP contribution is -2.54. The number of rotatable bonds is 7. The first-order chi connectivity index (χ1) is 12.1. The third kappa shape index (κ3) is 3.97. The van der Waals surface area contributed by atoms with E-state index < -0.39 is 27.5 Å². The third-order valence-corrected chi connectivity index (χ3v) is 7.25. The second-order valence-electron chi connectivity index (χ2n) is 6.66. The van der Waals surface area contributed by atoms with Gasteiger partial charge in [0.05, 0.1) is 16.5 Å². The predicted molar refractivity (Wildman–Crippen MR) is 101 cm³/mol. The van der Waals surface area contributed by atoms with Gasteiger partial charge in [-0.05, 0) is 43.9 Å². The van der Waals surface area contributed by atoms with E-state index in [9.17, 15) is 18.0 Å². The van der Waals surface area contributed by atoms with E-state index in [-0.39, 0.29) is 33.7 Å². The molecule has 0 saturated carbocycles. The van der Waals surface area contributed by atoms with Crippen molar-refractivity contribution >= 4 is 45.3 Å². The Bertz CT molecular complexity index is 795. The Morgan fingerprint density at radius 3 is 2.38 bits per heavy atom. The Hall–Kier alpha value is -0.990. The molecule has 2 unspecified atom stereocenters. The first-order valence-corrected chi connectivity index (χ1v) is 10.5. The molecular formula is C17H22Cl2N2O4S. The summed E-state index contributed by atoms with van der Waals surface area (Å²) in [5, 5.41) is 0.356. The van der Waals surface area contributed by atoms with E-state index in [1.807, 2.05) is 6.92 Å². The van der Waals surface area contributed by atoms with Gasteiger partial charge in [-0.15, -0.1) is 0 Å². The lowest BCUT2D eigenvalue weighted by Gasteiger charge is -2.32. The van der Waals surface area contributed by atoms with E-state index in [0.29, 0.717) is 19.1 Å². The van der Waals surface area contributed by atoms with E-state index in [4.69, 9.17) is 28.9 Å². The zero-order valence-corrected chi connectivity index (χ0v) is 16.9. The predicted octanol–water partition coefficient (Wildman–Crippen LogP) is 2.66. The molecule has 0 spiro atoms. The Morgan fingerprint density at radius 1 is 1.35 bits per heavy atom. The van der Waals surface area contributed by atoms with Gasteiger partial charge in [0.1, 0.15) is 12.1 Å². The number of benzene rings is 1. The fourth-order valence-electron chi connectivity index (χ4n) is 3.50. The molecule has 1 aromatic carbocycles. The van der Waals surface area contributed by atoms with Crippen LogP contribution in [0.15, 0.2) is 23.1 Å². The van der Waals surface area contributed by atoms with Gasteiger partial charge in [0.25, 0.3) is 0 Å². The molecule has 0 aromatic heterocycles. The standard InChI is InChI=1S/C17H22Cl2N2O4S/c1-3-4-17(20,11(2)23)12-5-15(10-22)21(9-12)26(24,25)16-7-13(18)6-14(19)8-16/h6-8,10,12,15H,3-5,9,20H2,1-2H3/t12?,15-,17?/m1/s1. The number of halogens is 2. The summed E-state index contributed by atoms with van der Waals surface area (Å²) in [7, 11) is -4.01. The van der Waals surface area contributed by atoms with E-state index in [2.05, 4.69) is 0 Å². The second kappa shape index (κ2) is 7.94. The van der Waals surface area contributed by atoms with Gasteiger partial charge < -0.3 is 10.5 Å². The lowest BCUT2D eigenvalue weighted by molar-refractivity contribution is -0.124. The summed E-state index contributed by atoms with van der Waals surface area (Å²) in [6.45, 7) is 3.30. The monoisotopic (exact) mass is 420 g/mol. The number of carbonyl (C=O) groups is 2. The topological polar surface area (TPSA) is 97.5 Å². The smallest absolute Gasteiger partial charge is 0.243 e. The summed E-state index contributed by atoms with van der Waals surface area (Å²) in [6, 6.07) is 3.10. The molecule has 0 bridgehead atoms. The minimum atomic E-state index is -4.01. The zero-order chi connectivity index (χ0) is 19.7. The Balaban J connectivity index is 2.42. The number of ketones is 1. The maximum absolute atomic E-state index is 13.0. The molecule has 0 radical (unpaired) electrons. The van der Waals surface area contributed by atoms with Crippen LogP contribution in [0.2, 0.25) is 10.0 Å². The van der Waals surface area contributed by atoms with Crippen LogP contribution in [0.5, 0.6) is 0 Å². The summed E-state index contributed by atoms with van der Waals surface area (Å²) in [4.78, 5) is 23.6. The molecule has 1 fully saturated rings. The van der Waals surface area contributed by atoms with Crippen LogP contribution in [0.25, 0.3) is 0 Å². The van der Waals surface area contributed by atoms with Crippen LogP contribution in [0.1, 0.15) is 33.1 Å². The molecule has 1 saturated heterocycles. The van der Waals surface area contributed by atoms with E-state index >= 15 is 0 Å². The summed E-state index contributed by atoms with van der Waals surface area (Å²) < 4.78 is 27.2. The molecule has 9 heteroatoms. The van der Waals surface area contributed by atoms with Crippen LogP contribution >= 0.6 is 23.2 Å². The quantitative estimate of drug-likeness (QED) is 0.683. The molecule has 2 rings (SSSR count). The molecule has 3 atom stereocenters. The molecule has 0 amide bonds. The Labute approximate surface area is 163 Å². The summed E-state index contributed by atoms with van der Waals surface area (Å²) in [5.41, 5.74) is 5.18. The van der Waals surface area contributed by atoms with Crippen LogP contribution in [-0.2, 0) is 19.6 Å². The molecule has 2 N–H and O–H groups in total. The van der Waals surface area contributed by atoms with Gasteiger partial charge in [0.15, 0.2) is 0 Å². The van der Waals surface area contributed by atoms with Crippen LogP contribution in [-0.4, -0.2) is 42.9 Å². The number of hydrogen-bond donors (Lipinski definition) is 1. The van der Waals surface area contributed by atoms with Gasteiger partial charge >= 0.3 is 0 Å². The fourth-order valence-corrected chi connectivity index (χ4v) is 5.85. The first kappa shape index (κ1) is 21.3. The van der Waals surface area contributed by atoms with Crippen molar-refractivity contribution in [1.82, 2.24) is 4.31 Å². The van der Waals surface area contributed by atoms with Gasteiger partial charge in [-0.2, -0.15) is 4.31 Å². The molecule has 144 valence electrons. The normalized spacial score (nSPS) is 23.6. The number of nitrogens with two attached hydrogens (primary N) is 1. The second-order valence-corrected chi connectivity index (χ2v) is 9.43. The number of carbonyl (C=O) groups excluding carboxylic acids is 2. The minimum absolute atomic E-state index is 0.00798. The van der Waals surface area contributed by atoms with E-state index in [0.717, 1.165) is 4.31 Å². The largest absolute Gasteiger partial charge is 0.319 e. The average Bonchev–Trinajstić information content (AvgIpc) is 2.99. The van der Waals surface area contributed by atoms with Crippen LogP contribution < -0.4 is 5.73 Å². The number of Topliss-reactive ketones (excluding diaryl/α,β-unsaturated/α-hetero) is 1. The maximum atomic E-state index is 13.0. The van der Waals surface area contributed by atoms with Gasteiger partial charge in [0.2, 0.25) is 10.0 Å². The molecule has 1 aliphatic heterocycles. The van der Waals surface area contributed by atoms with Crippen molar-refractivity contribution in [2.45, 2.75) is 49.6 Å². The van der Waals surface area contributed by atoms with Crippen molar-refractivity contribution in [3.05, 3.63) is 28.2 Å². The highest BCUT2D eigenvalue weighted by Crippen LogP contribution is 2.37. The molecule has 1 aliphatic rings. The maximum Gasteiger partial charge on any atom is 0.243 e. The summed E-state index contributed by atoms with van der Waals surface area (Å²) in [6.07, 6.45) is 1.88. The SMILES string of the molecule is CCCC(N)(C(C)=O)C1C[C@H](C=O)N(S(=O)(=O)c2cc(Cl)cc(Cl)c2)C1. The number of sulfonamides is 1. The summed E-state index contributed by atoms with van der Waals surface area (Å²) >= 11 is 11.8. The summed E-state index contributed by atoms with van der Waals surface area (Å²) in [5.74, 6) is -0.654. The fraction of sp³-hybridized carbons (Fsp3) is 0.529. The molecule has 1 heterocycles. The first-order valence-electron chi connectivity index (χ1n) is 8.29. The van der Waals surface area contributed by atoms with Crippen molar-refractivity contribution in [1.29, 1.82) is 0 Å². The van der Waals surface area contributed by atoms with Gasteiger partial charge in [-0.25, -0.2) is 8.42 Å². The Kier molecular flexibility index (Phi) is 6.51. The number of nitrogens with zero attached hydrogens (tertiary/aromatic N) is 1. The highest BCUT2D eigenvalue weighted by atomic mass is 35.5. The molecule has 0 aliphatic carbocycles. The molecule has 26 heavy (non-hydrogen) atoms. The minimum Gasteiger partial charge on any atom is -0.319 e. The highest BCUT2D eigenvalue weighted by molar-refractivity contribution is 7.89. The zero-order valence-electron chi connectivity index (χ0n) is 14.6. The number of hydrogen-bond acceptors (Lipinski definition) is 5. The van der Waals surface area contributed by atoms with Crippen LogP contribution in [0.3, 0.4) is 0 Å². The van der Waals surface area contributed by atoms with Gasteiger partial charge in [-0.3, -0.25) is 4.79 Å². The molecular weight excluding hydrogens is 399 g/mol.